The van der Waals surface area contributed by atoms with Gasteiger partial charge in [-0.1, -0.05) is 4.48 Å². The molecule has 0 rings (SSSR count). The molecule has 0 saturated carbocycles. The number of nitrogens with zero attached hydrogens (tertiary/aromatic N) is 2. The fourth-order valence-corrected chi connectivity index (χ4v) is 0.111. The first-order valence-electron chi connectivity index (χ1n) is 1.93. The van der Waals surface area contributed by atoms with E-state index in [2.05, 4.69) is 5.11 Å². The molecule has 0 aliphatic carbocycles. The molecule has 1 N–H and O–H groups in total. The molecule has 4 heteroatoms. The predicted octanol–water partition coefficient (Wildman–Crippen LogP) is 0.704. The Labute approximate surface area is 40.8 Å². The summed E-state index contributed by atoms with van der Waals surface area (Å²) in [5.74, 6) is 0. The summed E-state index contributed by atoms with van der Waals surface area (Å²) >= 11 is 0. The average molecular weight is 106 g/mol. The summed E-state index contributed by atoms with van der Waals surface area (Å²) < 4.78 is 10.8. The molecule has 0 aromatic heterocycles. The van der Waals surface area contributed by atoms with Crippen LogP contribution in [0.25, 0.3) is 0 Å². The Morgan fingerprint density at radius 1 is 1.86 bits per heavy atom. The van der Waals surface area contributed by atoms with E-state index >= 15 is 0 Å². The summed E-state index contributed by atoms with van der Waals surface area (Å²) in [6, 6.07) is -0.412. The van der Waals surface area contributed by atoms with Crippen LogP contribution in [-0.4, -0.2) is 17.8 Å². The summed E-state index contributed by atoms with van der Waals surface area (Å²) in [6.45, 7) is 1.40. The van der Waals surface area contributed by atoms with Gasteiger partial charge in [-0.3, -0.25) is 0 Å². The van der Waals surface area contributed by atoms with Crippen LogP contribution in [0.1, 0.15) is 6.92 Å². The number of rotatable bonds is 2. The van der Waals surface area contributed by atoms with E-state index in [4.69, 9.17) is 5.11 Å². The first-order valence-corrected chi connectivity index (χ1v) is 1.93. The number of hydrogen-bond donors (Lipinski definition) is 1. The van der Waals surface area contributed by atoms with Crippen molar-refractivity contribution < 1.29 is 9.59 Å². The van der Waals surface area contributed by atoms with Crippen molar-refractivity contribution in [2.45, 2.75) is 13.0 Å². The lowest BCUT2D eigenvalue weighted by Crippen LogP contribution is -2.01. The highest BCUT2D eigenvalue weighted by molar-refractivity contribution is 4.49. The minimum atomic E-state index is -0.412. The highest BCUT2D eigenvalue weighted by Gasteiger charge is 1.91. The van der Waals surface area contributed by atoms with Crippen molar-refractivity contribution in [3.63, 3.8) is 0 Å². The SMILES string of the molecule is C[C@@H](CO)N=NF. The Morgan fingerprint density at radius 3 is 2.57 bits per heavy atom. The van der Waals surface area contributed by atoms with Gasteiger partial charge < -0.3 is 5.11 Å². The zero-order valence-electron chi connectivity index (χ0n) is 4.00. The van der Waals surface area contributed by atoms with Crippen LogP contribution in [0.2, 0.25) is 0 Å². The van der Waals surface area contributed by atoms with E-state index in [9.17, 15) is 4.48 Å². The van der Waals surface area contributed by atoms with E-state index in [1.807, 2.05) is 5.34 Å². The monoisotopic (exact) mass is 106 g/mol. The van der Waals surface area contributed by atoms with Gasteiger partial charge in [0.15, 0.2) is 0 Å². The minimum Gasteiger partial charge on any atom is -0.394 e. The maximum Gasteiger partial charge on any atom is 0.0939 e. The van der Waals surface area contributed by atoms with Crippen LogP contribution in [0.3, 0.4) is 0 Å². The molecule has 3 nitrogen and oxygen atoms in total. The molecular formula is C3H7FN2O. The smallest absolute Gasteiger partial charge is 0.0939 e. The van der Waals surface area contributed by atoms with E-state index in [0.717, 1.165) is 0 Å². The number of hydrogen-bond acceptors (Lipinski definition) is 3. The van der Waals surface area contributed by atoms with Gasteiger partial charge in [0.05, 0.1) is 12.6 Å². The van der Waals surface area contributed by atoms with Gasteiger partial charge >= 0.3 is 0 Å². The molecule has 0 radical (unpaired) electrons. The van der Waals surface area contributed by atoms with Gasteiger partial charge in [0.1, 0.15) is 0 Å². The van der Waals surface area contributed by atoms with Crippen LogP contribution in [0.15, 0.2) is 10.5 Å². The molecule has 0 aromatic rings. The molecule has 0 spiro atoms. The van der Waals surface area contributed by atoms with E-state index in [1.54, 1.807) is 6.92 Å². The molecule has 0 heterocycles. The van der Waals surface area contributed by atoms with Crippen LogP contribution >= 0.6 is 0 Å². The molecule has 0 saturated heterocycles. The Morgan fingerprint density at radius 2 is 2.43 bits per heavy atom. The average Bonchev–Trinajstić information content (AvgIpc) is 1.68. The summed E-state index contributed by atoms with van der Waals surface area (Å²) in [5.41, 5.74) is 0. The van der Waals surface area contributed by atoms with Crippen LogP contribution in [0.4, 0.5) is 4.48 Å². The van der Waals surface area contributed by atoms with Crippen molar-refractivity contribution in [2.75, 3.05) is 6.61 Å². The van der Waals surface area contributed by atoms with Gasteiger partial charge in [0.25, 0.3) is 0 Å². The zero-order chi connectivity index (χ0) is 5.70. The van der Waals surface area contributed by atoms with Crippen molar-refractivity contribution in [2.24, 2.45) is 10.5 Å². The Hall–Kier alpha value is -0.510. The van der Waals surface area contributed by atoms with E-state index < -0.39 is 6.04 Å². The van der Waals surface area contributed by atoms with Crippen LogP contribution in [0.5, 0.6) is 0 Å². The third-order valence-electron chi connectivity index (χ3n) is 0.505. The van der Waals surface area contributed by atoms with Crippen molar-refractivity contribution in [3.05, 3.63) is 0 Å². The van der Waals surface area contributed by atoms with Crippen LogP contribution < -0.4 is 0 Å². The molecule has 0 amide bonds. The molecule has 42 valence electrons. The molecule has 1 atom stereocenters. The summed E-state index contributed by atoms with van der Waals surface area (Å²) in [6.07, 6.45) is 0. The highest BCUT2D eigenvalue weighted by Crippen LogP contribution is 1.86. The fourth-order valence-electron chi connectivity index (χ4n) is 0.111. The lowest BCUT2D eigenvalue weighted by molar-refractivity contribution is 0.264. The van der Waals surface area contributed by atoms with Gasteiger partial charge in [-0.25, -0.2) is 0 Å². The third kappa shape index (κ3) is 3.32. The van der Waals surface area contributed by atoms with E-state index in [-0.39, 0.29) is 6.61 Å². The van der Waals surface area contributed by atoms with Gasteiger partial charge in [-0.15, -0.1) is 0 Å². The van der Waals surface area contributed by atoms with Gasteiger partial charge in [-0.05, 0) is 6.92 Å². The Kier molecular flexibility index (Phi) is 3.40. The molecule has 0 fully saturated rings. The van der Waals surface area contributed by atoms with E-state index in [0.29, 0.717) is 0 Å². The maximum absolute atomic E-state index is 10.8. The molecule has 0 unspecified atom stereocenters. The Balaban J connectivity index is 3.16. The molecule has 0 aliphatic rings. The summed E-state index contributed by atoms with van der Waals surface area (Å²) in [5, 5.41) is 13.1. The predicted molar refractivity (Wildman–Crippen MR) is 22.5 cm³/mol. The number of aliphatic hydroxyl groups excluding tert-OH is 1. The second-order valence-corrected chi connectivity index (χ2v) is 1.22. The van der Waals surface area contributed by atoms with Crippen molar-refractivity contribution in [1.82, 2.24) is 0 Å². The molecule has 0 aromatic carbocycles. The second-order valence-electron chi connectivity index (χ2n) is 1.22. The zero-order valence-corrected chi connectivity index (χ0v) is 4.00. The minimum absolute atomic E-state index is 0.159. The number of halogens is 1. The summed E-state index contributed by atoms with van der Waals surface area (Å²) in [4.78, 5) is 0. The normalized spacial score (nSPS) is 15.3. The largest absolute Gasteiger partial charge is 0.394 e. The van der Waals surface area contributed by atoms with Gasteiger partial charge in [0.2, 0.25) is 0 Å². The maximum atomic E-state index is 10.8. The second kappa shape index (κ2) is 3.67. The van der Waals surface area contributed by atoms with Gasteiger partial charge in [-0.2, -0.15) is 5.11 Å². The van der Waals surface area contributed by atoms with Crippen molar-refractivity contribution in [3.8, 4) is 0 Å². The quantitative estimate of drug-likeness (QED) is 0.517. The fraction of sp³-hybridized carbons (Fsp3) is 1.00. The van der Waals surface area contributed by atoms with Crippen LogP contribution in [0, 0.1) is 0 Å². The topological polar surface area (TPSA) is 45.0 Å². The van der Waals surface area contributed by atoms with Crippen molar-refractivity contribution in [1.29, 1.82) is 0 Å². The Bertz CT molecular complexity index is 66.0. The summed E-state index contributed by atoms with van der Waals surface area (Å²) in [7, 11) is 0. The van der Waals surface area contributed by atoms with Crippen LogP contribution in [-0.2, 0) is 0 Å². The third-order valence-corrected chi connectivity index (χ3v) is 0.505. The molecular weight excluding hydrogens is 99.0 g/mol. The molecule has 0 aliphatic heterocycles. The van der Waals surface area contributed by atoms with Gasteiger partial charge in [0, 0.05) is 5.34 Å². The first-order chi connectivity index (χ1) is 3.31. The standard InChI is InChI=1S/C3H7FN2O/c1-3(2-7)5-6-4/h3,7H,2H2,1H3/t3-/m0/s1. The van der Waals surface area contributed by atoms with Crippen molar-refractivity contribution >= 4 is 0 Å². The van der Waals surface area contributed by atoms with E-state index in [1.165, 1.54) is 0 Å². The lowest BCUT2D eigenvalue weighted by Gasteiger charge is -1.91. The lowest BCUT2D eigenvalue weighted by atomic mass is 10.4. The number of aliphatic hydroxyl groups is 1. The first kappa shape index (κ1) is 6.49. The molecule has 7 heavy (non-hydrogen) atoms. The highest BCUT2D eigenvalue weighted by atomic mass is 19.2. The molecule has 0 bridgehead atoms.